The average molecular weight is 426 g/mol. The van der Waals surface area contributed by atoms with E-state index in [0.717, 1.165) is 23.2 Å². The molecule has 0 aliphatic rings. The van der Waals surface area contributed by atoms with Crippen LogP contribution in [-0.2, 0) is 26.7 Å². The molecule has 0 aromatic heterocycles. The van der Waals surface area contributed by atoms with Gasteiger partial charge in [0, 0.05) is 7.11 Å². The van der Waals surface area contributed by atoms with Gasteiger partial charge in [0.15, 0.2) is 10.7 Å². The number of alkyl halides is 1. The number of methoxy groups -OCH3 is 1. The van der Waals surface area contributed by atoms with Crippen LogP contribution in [0, 0.1) is 6.92 Å². The second-order valence-corrected chi connectivity index (χ2v) is 7.53. The van der Waals surface area contributed by atoms with Crippen LogP contribution in [-0.4, -0.2) is 40.0 Å². The smallest absolute Gasteiger partial charge is 0.242 e. The van der Waals surface area contributed by atoms with Crippen molar-refractivity contribution in [2.75, 3.05) is 24.5 Å². The van der Waals surface area contributed by atoms with Gasteiger partial charge in [-0.05, 0) is 43.5 Å². The zero-order valence-electron chi connectivity index (χ0n) is 16.7. The molecule has 2 aromatic carbocycles. The van der Waals surface area contributed by atoms with Crippen LogP contribution in [0.1, 0.15) is 25.0 Å². The third-order valence-corrected chi connectivity index (χ3v) is 5.09. The van der Waals surface area contributed by atoms with Crippen molar-refractivity contribution in [3.05, 3.63) is 59.7 Å². The van der Waals surface area contributed by atoms with Crippen LogP contribution in [0.5, 0.6) is 0 Å². The van der Waals surface area contributed by atoms with Crippen LogP contribution in [0.4, 0.5) is 5.69 Å². The number of nitrogens with zero attached hydrogens (tertiary/aromatic N) is 1. The molecule has 0 spiro atoms. The highest BCUT2D eigenvalue weighted by atomic mass is 35.5. The Kier molecular flexibility index (Phi) is 10.8. The molecule has 0 N–H and O–H groups in total. The van der Waals surface area contributed by atoms with Crippen LogP contribution in [0.3, 0.4) is 0 Å². The topological polar surface area (TPSA) is 63.7 Å². The molecule has 1 unspecified atom stereocenters. The number of carbonyl (C=O) groups is 1. The number of amides is 1. The first-order chi connectivity index (χ1) is 13.4. The van der Waals surface area contributed by atoms with Crippen molar-refractivity contribution in [2.45, 2.75) is 38.1 Å². The van der Waals surface area contributed by atoms with E-state index in [1.165, 1.54) is 0 Å². The molecule has 0 heterocycles. The van der Waals surface area contributed by atoms with Gasteiger partial charge < -0.3 is 9.64 Å². The SMILES string of the molecule is CCc1cccc(C)c1N(C(=O)CCl)C(C)COC.O=[SH](=O)c1ccccc1. The molecular formula is C21H28ClNO4S. The molecule has 0 saturated heterocycles. The predicted molar refractivity (Wildman–Crippen MR) is 115 cm³/mol. The minimum absolute atomic E-state index is 0.0223. The van der Waals surface area contributed by atoms with E-state index in [0.29, 0.717) is 11.5 Å². The van der Waals surface area contributed by atoms with E-state index in [9.17, 15) is 13.2 Å². The summed E-state index contributed by atoms with van der Waals surface area (Å²) in [5, 5.41) is 0. The van der Waals surface area contributed by atoms with Crippen LogP contribution in [0.25, 0.3) is 0 Å². The highest BCUT2D eigenvalue weighted by Crippen LogP contribution is 2.28. The van der Waals surface area contributed by atoms with Crippen LogP contribution >= 0.6 is 11.6 Å². The fourth-order valence-corrected chi connectivity index (χ4v) is 3.41. The lowest BCUT2D eigenvalue weighted by Crippen LogP contribution is -2.43. The number of carbonyl (C=O) groups excluding carboxylic acids is 1. The summed E-state index contributed by atoms with van der Waals surface area (Å²) in [7, 11) is -0.758. The summed E-state index contributed by atoms with van der Waals surface area (Å²) in [4.78, 5) is 14.3. The molecule has 0 radical (unpaired) electrons. The Hall–Kier alpha value is -1.89. The van der Waals surface area contributed by atoms with Crippen molar-refractivity contribution < 1.29 is 17.9 Å². The van der Waals surface area contributed by atoms with Gasteiger partial charge in [0.1, 0.15) is 5.88 Å². The Bertz CT molecular complexity index is 816. The zero-order valence-corrected chi connectivity index (χ0v) is 18.4. The Morgan fingerprint density at radius 2 is 1.79 bits per heavy atom. The molecule has 0 aliphatic heterocycles. The van der Waals surface area contributed by atoms with Gasteiger partial charge in [0.25, 0.3) is 0 Å². The van der Waals surface area contributed by atoms with Gasteiger partial charge in [-0.2, -0.15) is 0 Å². The van der Waals surface area contributed by atoms with E-state index >= 15 is 0 Å². The largest absolute Gasteiger partial charge is 0.383 e. The normalized spacial score (nSPS) is 11.5. The molecule has 1 amide bonds. The molecule has 2 aromatic rings. The first kappa shape index (κ1) is 24.1. The number of hydrogen-bond acceptors (Lipinski definition) is 4. The molecule has 0 saturated carbocycles. The molecule has 154 valence electrons. The first-order valence-electron chi connectivity index (χ1n) is 9.02. The van der Waals surface area contributed by atoms with Crippen LogP contribution in [0.2, 0.25) is 0 Å². The molecule has 1 atom stereocenters. The maximum absolute atomic E-state index is 12.2. The van der Waals surface area contributed by atoms with Gasteiger partial charge in [-0.25, -0.2) is 8.42 Å². The van der Waals surface area contributed by atoms with Crippen molar-refractivity contribution in [3.8, 4) is 0 Å². The Morgan fingerprint density at radius 1 is 1.14 bits per heavy atom. The highest BCUT2D eigenvalue weighted by Gasteiger charge is 2.24. The van der Waals surface area contributed by atoms with Gasteiger partial charge in [-0.15, -0.1) is 11.6 Å². The summed E-state index contributed by atoms with van der Waals surface area (Å²) in [5.74, 6) is -0.110. The van der Waals surface area contributed by atoms with Gasteiger partial charge in [0.2, 0.25) is 5.91 Å². The molecular weight excluding hydrogens is 398 g/mol. The molecule has 28 heavy (non-hydrogen) atoms. The third-order valence-electron chi connectivity index (χ3n) is 4.14. The van der Waals surface area contributed by atoms with Crippen molar-refractivity contribution in [2.24, 2.45) is 0 Å². The molecule has 2 rings (SSSR count). The number of para-hydroxylation sites is 1. The third kappa shape index (κ3) is 6.93. The van der Waals surface area contributed by atoms with E-state index in [1.54, 1.807) is 42.3 Å². The van der Waals surface area contributed by atoms with Crippen LogP contribution in [0.15, 0.2) is 53.4 Å². The molecule has 7 heteroatoms. The Morgan fingerprint density at radius 3 is 2.25 bits per heavy atom. The number of thiol groups is 1. The lowest BCUT2D eigenvalue weighted by molar-refractivity contribution is -0.116. The monoisotopic (exact) mass is 425 g/mol. The Labute approximate surface area is 174 Å². The van der Waals surface area contributed by atoms with E-state index < -0.39 is 10.7 Å². The first-order valence-corrected chi connectivity index (χ1v) is 10.7. The minimum atomic E-state index is -2.40. The number of aryl methyl sites for hydroxylation is 2. The molecule has 5 nitrogen and oxygen atoms in total. The van der Waals surface area contributed by atoms with E-state index in [4.69, 9.17) is 16.3 Å². The fraction of sp³-hybridized carbons (Fsp3) is 0.381. The second kappa shape index (κ2) is 12.5. The molecule has 0 aliphatic carbocycles. The van der Waals surface area contributed by atoms with E-state index in [2.05, 4.69) is 13.0 Å². The number of hydrogen-bond donors (Lipinski definition) is 1. The summed E-state index contributed by atoms with van der Waals surface area (Å²) in [6.45, 7) is 6.56. The van der Waals surface area contributed by atoms with Gasteiger partial charge in [-0.3, -0.25) is 4.79 Å². The second-order valence-electron chi connectivity index (χ2n) is 6.23. The van der Waals surface area contributed by atoms with Gasteiger partial charge in [-0.1, -0.05) is 43.3 Å². The predicted octanol–water partition coefficient (Wildman–Crippen LogP) is 3.82. The standard InChI is InChI=1S/C15H22ClNO2.C6H6O2S/c1-5-13-8-6-7-11(2)15(13)17(14(18)9-16)12(3)10-19-4;7-9(8)6-4-2-1-3-5-6/h6-8,12H,5,9-10H2,1-4H3;1-5,9H. The number of benzene rings is 2. The fourth-order valence-electron chi connectivity index (χ4n) is 2.87. The van der Waals surface area contributed by atoms with Gasteiger partial charge in [0.05, 0.1) is 23.2 Å². The van der Waals surface area contributed by atoms with Crippen molar-refractivity contribution >= 4 is 33.9 Å². The number of halogens is 1. The number of ether oxygens (including phenoxy) is 1. The van der Waals surface area contributed by atoms with Gasteiger partial charge >= 0.3 is 0 Å². The van der Waals surface area contributed by atoms with Crippen molar-refractivity contribution in [1.82, 2.24) is 0 Å². The van der Waals surface area contributed by atoms with E-state index in [-0.39, 0.29) is 17.8 Å². The van der Waals surface area contributed by atoms with E-state index in [1.807, 2.05) is 26.0 Å². The Balaban J connectivity index is 0.000000362. The summed E-state index contributed by atoms with van der Waals surface area (Å²) in [6.07, 6.45) is 0.878. The average Bonchev–Trinajstić information content (AvgIpc) is 2.70. The maximum Gasteiger partial charge on any atom is 0.242 e. The molecule has 0 fully saturated rings. The zero-order chi connectivity index (χ0) is 21.1. The highest BCUT2D eigenvalue weighted by molar-refractivity contribution is 7.72. The quantitative estimate of drug-likeness (QED) is 0.541. The lowest BCUT2D eigenvalue weighted by Gasteiger charge is -2.31. The summed E-state index contributed by atoms with van der Waals surface area (Å²) in [6, 6.07) is 14.3. The van der Waals surface area contributed by atoms with Crippen molar-refractivity contribution in [1.29, 1.82) is 0 Å². The lowest BCUT2D eigenvalue weighted by atomic mass is 10.0. The number of rotatable bonds is 7. The summed E-state index contributed by atoms with van der Waals surface area (Å²) in [5.41, 5.74) is 3.21. The maximum atomic E-state index is 12.2. The summed E-state index contributed by atoms with van der Waals surface area (Å²) < 4.78 is 25.7. The van der Waals surface area contributed by atoms with Crippen LogP contribution < -0.4 is 4.90 Å². The molecule has 0 bridgehead atoms. The minimum Gasteiger partial charge on any atom is -0.383 e. The van der Waals surface area contributed by atoms with Crippen molar-refractivity contribution in [3.63, 3.8) is 0 Å². The number of anilines is 1. The summed E-state index contributed by atoms with van der Waals surface area (Å²) >= 11 is 5.76.